The van der Waals surface area contributed by atoms with Gasteiger partial charge in [-0.15, -0.1) is 0 Å². The molecule has 1 aromatic carbocycles. The van der Waals surface area contributed by atoms with E-state index in [9.17, 15) is 14.0 Å². The number of hydrogen-bond acceptors (Lipinski definition) is 4. The van der Waals surface area contributed by atoms with Crippen molar-refractivity contribution in [3.05, 3.63) is 56.3 Å². The maximum atomic E-state index is 13.8. The Hall–Kier alpha value is -2.41. The van der Waals surface area contributed by atoms with Crippen molar-refractivity contribution in [2.45, 2.75) is 12.8 Å². The van der Waals surface area contributed by atoms with E-state index in [4.69, 9.17) is 22.4 Å². The van der Waals surface area contributed by atoms with Crippen LogP contribution in [0.25, 0.3) is 0 Å². The summed E-state index contributed by atoms with van der Waals surface area (Å²) < 4.78 is 13.8. The van der Waals surface area contributed by atoms with Crippen molar-refractivity contribution in [2.75, 3.05) is 5.73 Å². The predicted octanol–water partition coefficient (Wildman–Crippen LogP) is 1.36. The zero-order valence-corrected chi connectivity index (χ0v) is 11.4. The number of carboxylic acid groups (broad SMARTS) is 1. The molecule has 1 aromatic heterocycles. The number of halogens is 2. The fraction of sp³-hybridized carbons (Fsp3) is 0.154. The molecule has 0 bridgehead atoms. The number of aromatic nitrogens is 2. The van der Waals surface area contributed by atoms with Crippen LogP contribution in [0.5, 0.6) is 0 Å². The van der Waals surface area contributed by atoms with E-state index in [2.05, 4.69) is 9.97 Å². The molecule has 21 heavy (non-hydrogen) atoms. The number of hydrogen-bond donors (Lipinski definition) is 3. The highest BCUT2D eigenvalue weighted by Crippen LogP contribution is 2.19. The summed E-state index contributed by atoms with van der Waals surface area (Å²) in [6.07, 6.45) is -0.543. The number of benzene rings is 1. The third kappa shape index (κ3) is 3.38. The molecule has 0 saturated heterocycles. The number of nitrogen functional groups attached to an aromatic ring is 1. The third-order valence-corrected chi connectivity index (χ3v) is 3.11. The highest BCUT2D eigenvalue weighted by molar-refractivity contribution is 6.30. The number of nitrogens with zero attached hydrogens (tertiary/aromatic N) is 1. The van der Waals surface area contributed by atoms with Gasteiger partial charge < -0.3 is 15.8 Å². The molecule has 4 N–H and O–H groups in total. The maximum Gasteiger partial charge on any atom is 0.308 e. The summed E-state index contributed by atoms with van der Waals surface area (Å²) in [6, 6.07) is 4.48. The molecule has 6 nitrogen and oxygen atoms in total. The molecule has 0 radical (unpaired) electrons. The number of nitrogens with one attached hydrogen (secondary N) is 1. The minimum Gasteiger partial charge on any atom is -0.481 e. The van der Waals surface area contributed by atoms with Crippen molar-refractivity contribution in [2.24, 2.45) is 0 Å². The van der Waals surface area contributed by atoms with E-state index in [1.165, 1.54) is 12.1 Å². The van der Waals surface area contributed by atoms with Crippen molar-refractivity contribution in [3.63, 3.8) is 0 Å². The number of anilines is 1. The first kappa shape index (κ1) is 15.0. The minimum atomic E-state index is -1.19. The first-order chi connectivity index (χ1) is 9.88. The SMILES string of the molecule is Nc1nc(Cc2cccc(Cl)c2F)[nH]c(=O)c1CC(=O)O. The molecule has 0 fully saturated rings. The van der Waals surface area contributed by atoms with E-state index in [1.54, 1.807) is 6.07 Å². The Balaban J connectivity index is 2.36. The van der Waals surface area contributed by atoms with E-state index in [1.807, 2.05) is 0 Å². The second-order valence-corrected chi connectivity index (χ2v) is 4.74. The van der Waals surface area contributed by atoms with Gasteiger partial charge in [-0.1, -0.05) is 23.7 Å². The van der Waals surface area contributed by atoms with Crippen molar-refractivity contribution in [3.8, 4) is 0 Å². The Morgan fingerprint density at radius 1 is 1.48 bits per heavy atom. The van der Waals surface area contributed by atoms with Crippen LogP contribution in [0.2, 0.25) is 5.02 Å². The van der Waals surface area contributed by atoms with Crippen molar-refractivity contribution < 1.29 is 14.3 Å². The van der Waals surface area contributed by atoms with Crippen LogP contribution in [0.15, 0.2) is 23.0 Å². The van der Waals surface area contributed by atoms with Gasteiger partial charge in [0.2, 0.25) is 0 Å². The molecule has 0 spiro atoms. The molecule has 2 aromatic rings. The number of aromatic amines is 1. The van der Waals surface area contributed by atoms with Crippen LogP contribution in [0.4, 0.5) is 10.2 Å². The summed E-state index contributed by atoms with van der Waals surface area (Å²) in [5.74, 6) is -1.84. The molecule has 0 aliphatic carbocycles. The number of carboxylic acids is 1. The Morgan fingerprint density at radius 3 is 2.81 bits per heavy atom. The first-order valence-corrected chi connectivity index (χ1v) is 6.28. The van der Waals surface area contributed by atoms with Crippen LogP contribution < -0.4 is 11.3 Å². The lowest BCUT2D eigenvalue weighted by molar-refractivity contribution is -0.136. The lowest BCUT2D eigenvalue weighted by Gasteiger charge is -2.07. The summed E-state index contributed by atoms with van der Waals surface area (Å²) in [5, 5.41) is 8.65. The monoisotopic (exact) mass is 311 g/mol. The molecule has 0 aliphatic rings. The topological polar surface area (TPSA) is 109 Å². The van der Waals surface area contributed by atoms with Gasteiger partial charge in [0.25, 0.3) is 5.56 Å². The fourth-order valence-electron chi connectivity index (χ4n) is 1.83. The van der Waals surface area contributed by atoms with E-state index in [-0.39, 0.29) is 34.2 Å². The molecule has 0 aliphatic heterocycles. The second-order valence-electron chi connectivity index (χ2n) is 4.34. The number of carbonyl (C=O) groups is 1. The van der Waals surface area contributed by atoms with Crippen LogP contribution in [0.1, 0.15) is 17.0 Å². The van der Waals surface area contributed by atoms with Gasteiger partial charge in [0.15, 0.2) is 0 Å². The van der Waals surface area contributed by atoms with Gasteiger partial charge in [-0.3, -0.25) is 9.59 Å². The average molecular weight is 312 g/mol. The first-order valence-electron chi connectivity index (χ1n) is 5.90. The summed E-state index contributed by atoms with van der Waals surface area (Å²) in [6.45, 7) is 0. The Bertz CT molecular complexity index is 761. The highest BCUT2D eigenvalue weighted by Gasteiger charge is 2.14. The van der Waals surface area contributed by atoms with Gasteiger partial charge in [-0.25, -0.2) is 9.37 Å². The second kappa shape index (κ2) is 5.92. The van der Waals surface area contributed by atoms with E-state index >= 15 is 0 Å². The number of aliphatic carboxylic acids is 1. The van der Waals surface area contributed by atoms with E-state index < -0.39 is 23.8 Å². The van der Waals surface area contributed by atoms with Crippen molar-refractivity contribution >= 4 is 23.4 Å². The molecule has 0 amide bonds. The Morgan fingerprint density at radius 2 is 2.19 bits per heavy atom. The number of nitrogens with two attached hydrogens (primary N) is 1. The highest BCUT2D eigenvalue weighted by atomic mass is 35.5. The van der Waals surface area contributed by atoms with Crippen molar-refractivity contribution in [1.29, 1.82) is 0 Å². The molecule has 1 heterocycles. The summed E-state index contributed by atoms with van der Waals surface area (Å²) in [5.41, 5.74) is 5.05. The van der Waals surface area contributed by atoms with Crippen molar-refractivity contribution in [1.82, 2.24) is 9.97 Å². The van der Waals surface area contributed by atoms with Gasteiger partial charge >= 0.3 is 5.97 Å². The standard InChI is InChI=1S/C13H11ClFN3O3/c14-8-3-1-2-6(11(8)15)4-9-17-12(16)7(5-10(19)20)13(21)18-9/h1-3H,4-5H2,(H,19,20)(H3,16,17,18,21). The smallest absolute Gasteiger partial charge is 0.308 e. The zero-order valence-electron chi connectivity index (χ0n) is 10.7. The maximum absolute atomic E-state index is 13.8. The zero-order chi connectivity index (χ0) is 15.6. The van der Waals surface area contributed by atoms with E-state index in [0.29, 0.717) is 0 Å². The van der Waals surface area contributed by atoms with Crippen LogP contribution in [-0.2, 0) is 17.6 Å². The Kier molecular flexibility index (Phi) is 4.23. The Labute approximate surface area is 123 Å². The van der Waals surface area contributed by atoms with Gasteiger partial charge in [0.05, 0.1) is 17.0 Å². The molecular formula is C13H11ClFN3O3. The molecule has 0 unspecified atom stereocenters. The average Bonchev–Trinajstić information content (AvgIpc) is 2.39. The largest absolute Gasteiger partial charge is 0.481 e. The van der Waals surface area contributed by atoms with Gasteiger partial charge in [-0.05, 0) is 11.6 Å². The predicted molar refractivity (Wildman–Crippen MR) is 74.8 cm³/mol. The van der Waals surface area contributed by atoms with Crippen LogP contribution in [0.3, 0.4) is 0 Å². The lowest BCUT2D eigenvalue weighted by atomic mass is 10.1. The minimum absolute atomic E-state index is 0.0147. The molecule has 8 heteroatoms. The number of H-pyrrole nitrogens is 1. The quantitative estimate of drug-likeness (QED) is 0.790. The third-order valence-electron chi connectivity index (χ3n) is 2.81. The molecular weight excluding hydrogens is 301 g/mol. The molecule has 110 valence electrons. The summed E-state index contributed by atoms with van der Waals surface area (Å²) in [7, 11) is 0. The van der Waals surface area contributed by atoms with Crippen LogP contribution in [-0.4, -0.2) is 21.0 Å². The molecule has 0 saturated carbocycles. The summed E-state index contributed by atoms with van der Waals surface area (Å²) >= 11 is 5.67. The molecule has 2 rings (SSSR count). The van der Waals surface area contributed by atoms with E-state index in [0.717, 1.165) is 0 Å². The van der Waals surface area contributed by atoms with Crippen LogP contribution in [0, 0.1) is 5.82 Å². The van der Waals surface area contributed by atoms with Gasteiger partial charge in [0.1, 0.15) is 17.5 Å². The summed E-state index contributed by atoms with van der Waals surface area (Å²) in [4.78, 5) is 28.7. The van der Waals surface area contributed by atoms with Gasteiger partial charge in [0, 0.05) is 6.42 Å². The fourth-order valence-corrected chi connectivity index (χ4v) is 2.03. The normalized spacial score (nSPS) is 10.6. The van der Waals surface area contributed by atoms with Gasteiger partial charge in [-0.2, -0.15) is 0 Å². The number of rotatable bonds is 4. The molecule has 0 atom stereocenters. The lowest BCUT2D eigenvalue weighted by Crippen LogP contribution is -2.22. The van der Waals surface area contributed by atoms with Crippen LogP contribution >= 0.6 is 11.6 Å².